The van der Waals surface area contributed by atoms with Crippen LogP contribution in [-0.2, 0) is 10.0 Å². The van der Waals surface area contributed by atoms with Crippen molar-refractivity contribution in [3.63, 3.8) is 0 Å². The molecule has 0 spiro atoms. The fraction of sp³-hybridized carbons (Fsp3) is 0.238. The minimum absolute atomic E-state index is 0.209. The van der Waals surface area contributed by atoms with Crippen LogP contribution in [0.5, 0.6) is 11.5 Å². The molecule has 7 nitrogen and oxygen atoms in total. The number of ether oxygens (including phenoxy) is 2. The lowest BCUT2D eigenvalue weighted by Crippen LogP contribution is -2.26. The van der Waals surface area contributed by atoms with E-state index in [1.54, 1.807) is 26.4 Å². The lowest BCUT2D eigenvalue weighted by atomic mass is 9.99. The summed E-state index contributed by atoms with van der Waals surface area (Å²) in [5.74, 6) is 1.15. The molecule has 0 aliphatic carbocycles. The van der Waals surface area contributed by atoms with Crippen molar-refractivity contribution in [3.05, 3.63) is 64.8 Å². The van der Waals surface area contributed by atoms with E-state index in [-0.39, 0.29) is 5.15 Å². The van der Waals surface area contributed by atoms with E-state index < -0.39 is 16.1 Å². The van der Waals surface area contributed by atoms with Crippen molar-refractivity contribution >= 4 is 38.2 Å². The number of hydrazone groups is 1. The van der Waals surface area contributed by atoms with Gasteiger partial charge in [0.1, 0.15) is 16.7 Å². The third kappa shape index (κ3) is 3.68. The maximum Gasteiger partial charge on any atom is 0.247 e. The lowest BCUT2D eigenvalue weighted by Gasteiger charge is -2.22. The molecule has 0 bridgehead atoms. The third-order valence-electron chi connectivity index (χ3n) is 4.98. The van der Waals surface area contributed by atoms with Crippen LogP contribution in [-0.4, -0.2) is 44.0 Å². The fourth-order valence-electron chi connectivity index (χ4n) is 3.56. The SMILES string of the molecule is COc1cc(OC)c2cc([C@H]3CC(c4ccccc4)=NN3S(C)(=O)=O)c(Cl)nc2c1. The second kappa shape index (κ2) is 7.77. The molecule has 1 atom stereocenters. The fourth-order valence-corrected chi connectivity index (χ4v) is 4.73. The maximum absolute atomic E-state index is 12.5. The number of nitrogens with zero attached hydrogens (tertiary/aromatic N) is 3. The van der Waals surface area contributed by atoms with Crippen molar-refractivity contribution in [2.75, 3.05) is 20.5 Å². The van der Waals surface area contributed by atoms with Crippen molar-refractivity contribution in [3.8, 4) is 11.5 Å². The number of hydrogen-bond acceptors (Lipinski definition) is 6. The van der Waals surface area contributed by atoms with Gasteiger partial charge >= 0.3 is 0 Å². The minimum Gasteiger partial charge on any atom is -0.497 e. The Bertz CT molecular complexity index is 1250. The summed E-state index contributed by atoms with van der Waals surface area (Å²) in [6, 6.07) is 14.2. The van der Waals surface area contributed by atoms with E-state index in [2.05, 4.69) is 10.1 Å². The molecule has 0 unspecified atom stereocenters. The first-order valence-electron chi connectivity index (χ1n) is 9.16. The quantitative estimate of drug-likeness (QED) is 0.554. The van der Waals surface area contributed by atoms with E-state index in [1.807, 2.05) is 36.4 Å². The van der Waals surface area contributed by atoms with Gasteiger partial charge in [-0.05, 0) is 11.6 Å². The molecule has 9 heteroatoms. The molecule has 0 radical (unpaired) electrons. The maximum atomic E-state index is 12.5. The number of fused-ring (bicyclic) bond motifs is 1. The molecule has 1 aliphatic rings. The molecule has 3 aromatic rings. The van der Waals surface area contributed by atoms with Gasteiger partial charge in [0.25, 0.3) is 0 Å². The molecule has 0 N–H and O–H groups in total. The van der Waals surface area contributed by atoms with Gasteiger partial charge in [0.15, 0.2) is 0 Å². The highest BCUT2D eigenvalue weighted by Crippen LogP contribution is 2.40. The summed E-state index contributed by atoms with van der Waals surface area (Å²) in [6.45, 7) is 0. The van der Waals surface area contributed by atoms with E-state index in [9.17, 15) is 8.42 Å². The van der Waals surface area contributed by atoms with Crippen molar-refractivity contribution in [2.45, 2.75) is 12.5 Å². The summed E-state index contributed by atoms with van der Waals surface area (Å²) >= 11 is 6.52. The zero-order valence-electron chi connectivity index (χ0n) is 16.7. The first-order chi connectivity index (χ1) is 14.3. The highest BCUT2D eigenvalue weighted by molar-refractivity contribution is 7.88. The number of halogens is 1. The Hall–Kier alpha value is -2.84. The topological polar surface area (TPSA) is 81.1 Å². The first kappa shape index (κ1) is 20.4. The summed E-state index contributed by atoms with van der Waals surface area (Å²) in [5.41, 5.74) is 2.69. The summed E-state index contributed by atoms with van der Waals surface area (Å²) in [5, 5.41) is 5.32. The van der Waals surface area contributed by atoms with Gasteiger partial charge in [0.05, 0.1) is 37.7 Å². The molecule has 30 heavy (non-hydrogen) atoms. The number of methoxy groups -OCH3 is 2. The monoisotopic (exact) mass is 445 g/mol. The Labute approximate surface area is 179 Å². The molecule has 2 aromatic carbocycles. The summed E-state index contributed by atoms with van der Waals surface area (Å²) < 4.78 is 36.9. The van der Waals surface area contributed by atoms with Crippen LogP contribution in [0.3, 0.4) is 0 Å². The van der Waals surface area contributed by atoms with Crippen molar-refractivity contribution in [1.82, 2.24) is 9.40 Å². The van der Waals surface area contributed by atoms with E-state index >= 15 is 0 Å². The second-order valence-electron chi connectivity index (χ2n) is 6.93. The molecule has 0 amide bonds. The molecule has 2 heterocycles. The van der Waals surface area contributed by atoms with Gasteiger partial charge in [-0.25, -0.2) is 13.4 Å². The minimum atomic E-state index is -3.63. The number of pyridine rings is 1. The number of hydrogen-bond donors (Lipinski definition) is 0. The van der Waals surface area contributed by atoms with Gasteiger partial charge in [0.2, 0.25) is 10.0 Å². The van der Waals surface area contributed by atoms with E-state index in [1.165, 1.54) is 0 Å². The average molecular weight is 446 g/mol. The van der Waals surface area contributed by atoms with Crippen LogP contribution in [0, 0.1) is 0 Å². The van der Waals surface area contributed by atoms with Gasteiger partial charge in [0, 0.05) is 29.5 Å². The zero-order valence-corrected chi connectivity index (χ0v) is 18.2. The lowest BCUT2D eigenvalue weighted by molar-refractivity contribution is 0.374. The number of rotatable bonds is 5. The van der Waals surface area contributed by atoms with E-state index in [4.69, 9.17) is 21.1 Å². The van der Waals surface area contributed by atoms with Gasteiger partial charge in [-0.1, -0.05) is 41.9 Å². The molecule has 0 saturated carbocycles. The number of aromatic nitrogens is 1. The molecule has 1 aromatic heterocycles. The number of benzene rings is 2. The van der Waals surface area contributed by atoms with Crippen LogP contribution in [0.2, 0.25) is 5.15 Å². The highest BCUT2D eigenvalue weighted by atomic mass is 35.5. The summed E-state index contributed by atoms with van der Waals surface area (Å²) in [7, 11) is -0.519. The van der Waals surface area contributed by atoms with Crippen molar-refractivity contribution < 1.29 is 17.9 Å². The molecule has 0 fully saturated rings. The predicted molar refractivity (Wildman–Crippen MR) is 117 cm³/mol. The van der Waals surface area contributed by atoms with E-state index in [0.717, 1.165) is 16.2 Å². The van der Waals surface area contributed by atoms with Gasteiger partial charge < -0.3 is 9.47 Å². The molecular weight excluding hydrogens is 426 g/mol. The van der Waals surface area contributed by atoms with E-state index in [0.29, 0.717) is 40.1 Å². The number of sulfonamides is 1. The van der Waals surface area contributed by atoms with Gasteiger partial charge in [-0.2, -0.15) is 9.52 Å². The summed E-state index contributed by atoms with van der Waals surface area (Å²) in [4.78, 5) is 4.48. The van der Waals surface area contributed by atoms with Crippen molar-refractivity contribution in [1.29, 1.82) is 0 Å². The molecular formula is C21H20ClN3O4S. The Morgan fingerprint density at radius 2 is 1.83 bits per heavy atom. The molecule has 156 valence electrons. The third-order valence-corrected chi connectivity index (χ3v) is 6.30. The van der Waals surface area contributed by atoms with Crippen molar-refractivity contribution in [2.24, 2.45) is 5.10 Å². The smallest absolute Gasteiger partial charge is 0.247 e. The van der Waals surface area contributed by atoms with Crippen LogP contribution < -0.4 is 9.47 Å². The molecule has 0 saturated heterocycles. The molecule has 1 aliphatic heterocycles. The van der Waals surface area contributed by atoms with Gasteiger partial charge in [-0.15, -0.1) is 0 Å². The Balaban J connectivity index is 1.85. The Morgan fingerprint density at radius 1 is 1.10 bits per heavy atom. The predicted octanol–water partition coefficient (Wildman–Crippen LogP) is 4.02. The van der Waals surface area contributed by atoms with Crippen LogP contribution in [0.15, 0.2) is 53.6 Å². The van der Waals surface area contributed by atoms with Crippen LogP contribution in [0.4, 0.5) is 0 Å². The highest BCUT2D eigenvalue weighted by Gasteiger charge is 2.36. The van der Waals surface area contributed by atoms with Gasteiger partial charge in [-0.3, -0.25) is 0 Å². The normalized spacial score (nSPS) is 16.6. The summed E-state index contributed by atoms with van der Waals surface area (Å²) in [6.07, 6.45) is 1.51. The Morgan fingerprint density at radius 3 is 2.47 bits per heavy atom. The largest absolute Gasteiger partial charge is 0.497 e. The standard InChI is InChI=1S/C21H20ClN3O4S/c1-28-14-9-18-15(20(10-14)29-2)11-16(21(22)23-18)19-12-17(13-7-5-4-6-8-13)24-25(19)30(3,26)27/h4-11,19H,12H2,1-3H3/t19-/m1/s1. The second-order valence-corrected chi connectivity index (χ2v) is 9.13. The zero-order chi connectivity index (χ0) is 21.5. The average Bonchev–Trinajstić information content (AvgIpc) is 3.18. The first-order valence-corrected chi connectivity index (χ1v) is 11.4. The van der Waals surface area contributed by atoms with Crippen LogP contribution in [0.25, 0.3) is 10.9 Å². The Kier molecular flexibility index (Phi) is 5.29. The molecule has 4 rings (SSSR count). The van der Waals surface area contributed by atoms with Crippen LogP contribution >= 0.6 is 11.6 Å². The van der Waals surface area contributed by atoms with Crippen LogP contribution in [0.1, 0.15) is 23.6 Å².